The van der Waals surface area contributed by atoms with Gasteiger partial charge in [-0.2, -0.15) is 5.10 Å². The zero-order chi connectivity index (χ0) is 11.4. The molecule has 0 fully saturated rings. The molecule has 0 N–H and O–H groups in total. The second-order valence-electron chi connectivity index (χ2n) is 2.91. The van der Waals surface area contributed by atoms with Crippen LogP contribution in [0.3, 0.4) is 0 Å². The Bertz CT molecular complexity index is 387. The lowest BCUT2D eigenvalue weighted by Gasteiger charge is -2.01. The van der Waals surface area contributed by atoms with Gasteiger partial charge in [0.1, 0.15) is 5.03 Å². The highest BCUT2D eigenvalue weighted by atomic mass is 32.2. The fourth-order valence-corrected chi connectivity index (χ4v) is 2.10. The molecule has 0 unspecified atom stereocenters. The Labute approximate surface area is 91.8 Å². The van der Waals surface area contributed by atoms with E-state index in [4.69, 9.17) is 0 Å². The van der Waals surface area contributed by atoms with Crippen LogP contribution in [0.4, 0.5) is 0 Å². The van der Waals surface area contributed by atoms with Crippen LogP contribution in [0.15, 0.2) is 5.03 Å². The number of rotatable bonds is 4. The van der Waals surface area contributed by atoms with Gasteiger partial charge in [-0.25, -0.2) is 0 Å². The molecule has 1 heterocycles. The number of carbonyl (C=O) groups is 2. The van der Waals surface area contributed by atoms with E-state index in [1.165, 1.54) is 18.9 Å². The first-order valence-corrected chi connectivity index (χ1v) is 5.27. The highest BCUT2D eigenvalue weighted by Crippen LogP contribution is 2.23. The smallest absolute Gasteiger partial charge is 0.316 e. The van der Waals surface area contributed by atoms with Crippen LogP contribution in [0.5, 0.6) is 0 Å². The summed E-state index contributed by atoms with van der Waals surface area (Å²) in [6.07, 6.45) is 0.752. The minimum Gasteiger partial charge on any atom is -0.468 e. The molecule has 82 valence electrons. The molecule has 0 aromatic carbocycles. The Morgan fingerprint density at radius 1 is 1.67 bits per heavy atom. The van der Waals surface area contributed by atoms with Gasteiger partial charge >= 0.3 is 5.97 Å². The first-order valence-electron chi connectivity index (χ1n) is 4.28. The van der Waals surface area contributed by atoms with Gasteiger partial charge in [-0.3, -0.25) is 14.3 Å². The maximum absolute atomic E-state index is 10.9. The summed E-state index contributed by atoms with van der Waals surface area (Å²) in [7, 11) is 3.07. The number of aldehydes is 1. The fourth-order valence-electron chi connectivity index (χ4n) is 1.15. The number of aromatic nitrogens is 2. The lowest BCUT2D eigenvalue weighted by Crippen LogP contribution is -2.04. The van der Waals surface area contributed by atoms with Gasteiger partial charge in [0.05, 0.1) is 24.1 Å². The molecule has 0 aliphatic heterocycles. The SMILES string of the molecule is COC(=O)CSc1c(C=O)c(C)nn1C. The van der Waals surface area contributed by atoms with Crippen LogP contribution < -0.4 is 0 Å². The molecule has 1 aromatic rings. The Morgan fingerprint density at radius 2 is 2.33 bits per heavy atom. The quantitative estimate of drug-likeness (QED) is 0.433. The summed E-state index contributed by atoms with van der Waals surface area (Å²) in [4.78, 5) is 21.7. The number of nitrogens with zero attached hydrogens (tertiary/aromatic N) is 2. The van der Waals surface area contributed by atoms with Crippen molar-refractivity contribution in [2.45, 2.75) is 11.9 Å². The van der Waals surface area contributed by atoms with Gasteiger partial charge in [0.15, 0.2) is 6.29 Å². The molecule has 0 radical (unpaired) electrons. The summed E-state index contributed by atoms with van der Waals surface area (Å²) in [6.45, 7) is 1.76. The number of carbonyl (C=O) groups excluding carboxylic acids is 2. The van der Waals surface area contributed by atoms with Gasteiger partial charge < -0.3 is 4.74 Å². The number of hydrogen-bond acceptors (Lipinski definition) is 5. The third-order valence-corrected chi connectivity index (χ3v) is 3.02. The van der Waals surface area contributed by atoms with Crippen LogP contribution in [-0.2, 0) is 16.6 Å². The van der Waals surface area contributed by atoms with E-state index < -0.39 is 0 Å². The van der Waals surface area contributed by atoms with E-state index in [2.05, 4.69) is 9.84 Å². The van der Waals surface area contributed by atoms with E-state index in [9.17, 15) is 9.59 Å². The number of ether oxygens (including phenoxy) is 1. The van der Waals surface area contributed by atoms with E-state index >= 15 is 0 Å². The number of hydrogen-bond donors (Lipinski definition) is 0. The van der Waals surface area contributed by atoms with Crippen molar-refractivity contribution < 1.29 is 14.3 Å². The van der Waals surface area contributed by atoms with Crippen LogP contribution in [0.1, 0.15) is 16.1 Å². The lowest BCUT2D eigenvalue weighted by atomic mass is 10.3. The highest BCUT2D eigenvalue weighted by molar-refractivity contribution is 8.00. The van der Waals surface area contributed by atoms with Gasteiger partial charge in [-0.1, -0.05) is 11.8 Å². The molecule has 0 spiro atoms. The van der Waals surface area contributed by atoms with E-state index in [1.807, 2.05) is 0 Å². The van der Waals surface area contributed by atoms with Gasteiger partial charge in [0, 0.05) is 7.05 Å². The molecule has 0 amide bonds. The topological polar surface area (TPSA) is 61.2 Å². The predicted octanol–water partition coefficient (Wildman–Crippen LogP) is 0.806. The van der Waals surface area contributed by atoms with Crippen molar-refractivity contribution in [2.24, 2.45) is 7.05 Å². The minimum atomic E-state index is -0.323. The van der Waals surface area contributed by atoms with Crippen LogP contribution in [-0.4, -0.2) is 34.9 Å². The van der Waals surface area contributed by atoms with E-state index in [-0.39, 0.29) is 11.7 Å². The van der Waals surface area contributed by atoms with Crippen LogP contribution >= 0.6 is 11.8 Å². The summed E-state index contributed by atoms with van der Waals surface area (Å²) in [6, 6.07) is 0. The number of esters is 1. The van der Waals surface area contributed by atoms with Crippen molar-refractivity contribution in [3.8, 4) is 0 Å². The maximum atomic E-state index is 10.9. The highest BCUT2D eigenvalue weighted by Gasteiger charge is 2.14. The Hall–Kier alpha value is -1.30. The van der Waals surface area contributed by atoms with Crippen LogP contribution in [0.2, 0.25) is 0 Å². The van der Waals surface area contributed by atoms with Crippen molar-refractivity contribution >= 4 is 24.0 Å². The molecule has 0 bridgehead atoms. The first kappa shape index (κ1) is 11.8. The molecular weight excluding hydrogens is 216 g/mol. The molecule has 0 aliphatic carbocycles. The molecule has 0 atom stereocenters. The molecule has 0 saturated heterocycles. The first-order chi connectivity index (χ1) is 7.10. The normalized spacial score (nSPS) is 10.1. The summed E-state index contributed by atoms with van der Waals surface area (Å²) in [5.41, 5.74) is 1.20. The van der Waals surface area contributed by atoms with Crippen molar-refractivity contribution in [1.82, 2.24) is 9.78 Å². The summed E-state index contributed by atoms with van der Waals surface area (Å²) in [5.74, 6) is -0.147. The van der Waals surface area contributed by atoms with Crippen molar-refractivity contribution in [3.63, 3.8) is 0 Å². The molecule has 0 saturated carbocycles. The summed E-state index contributed by atoms with van der Waals surface area (Å²) < 4.78 is 6.10. The van der Waals surface area contributed by atoms with E-state index in [1.54, 1.807) is 18.7 Å². The monoisotopic (exact) mass is 228 g/mol. The second-order valence-corrected chi connectivity index (χ2v) is 3.87. The zero-order valence-electron chi connectivity index (χ0n) is 8.81. The standard InChI is InChI=1S/C9H12N2O3S/c1-6-7(4-12)9(11(2)10-6)15-5-8(13)14-3/h4H,5H2,1-3H3. The van der Waals surface area contributed by atoms with Gasteiger partial charge in [0.2, 0.25) is 0 Å². The number of aryl methyl sites for hydroxylation is 2. The molecule has 15 heavy (non-hydrogen) atoms. The van der Waals surface area contributed by atoms with Crippen molar-refractivity contribution in [2.75, 3.05) is 12.9 Å². The number of methoxy groups -OCH3 is 1. The molecule has 1 aromatic heterocycles. The third kappa shape index (κ3) is 2.59. The average molecular weight is 228 g/mol. The molecular formula is C9H12N2O3S. The lowest BCUT2D eigenvalue weighted by molar-refractivity contribution is -0.137. The average Bonchev–Trinajstić information content (AvgIpc) is 2.49. The van der Waals surface area contributed by atoms with E-state index in [0.717, 1.165) is 6.29 Å². The van der Waals surface area contributed by atoms with Crippen LogP contribution in [0, 0.1) is 6.92 Å². The fraction of sp³-hybridized carbons (Fsp3) is 0.444. The second kappa shape index (κ2) is 4.97. The van der Waals surface area contributed by atoms with Crippen molar-refractivity contribution in [1.29, 1.82) is 0 Å². The van der Waals surface area contributed by atoms with Gasteiger partial charge in [-0.15, -0.1) is 0 Å². The van der Waals surface area contributed by atoms with E-state index in [0.29, 0.717) is 16.3 Å². The Morgan fingerprint density at radius 3 is 2.87 bits per heavy atom. The number of thioether (sulfide) groups is 1. The molecule has 6 heteroatoms. The molecule has 0 aliphatic rings. The largest absolute Gasteiger partial charge is 0.468 e. The Kier molecular flexibility index (Phi) is 3.90. The summed E-state index contributed by atoms with van der Waals surface area (Å²) in [5, 5.41) is 4.79. The third-order valence-electron chi connectivity index (χ3n) is 1.89. The van der Waals surface area contributed by atoms with Crippen molar-refractivity contribution in [3.05, 3.63) is 11.3 Å². The zero-order valence-corrected chi connectivity index (χ0v) is 9.63. The minimum absolute atomic E-state index is 0.177. The Balaban J connectivity index is 2.84. The molecule has 1 rings (SSSR count). The van der Waals surface area contributed by atoms with Gasteiger partial charge in [-0.05, 0) is 6.92 Å². The van der Waals surface area contributed by atoms with Gasteiger partial charge in [0.25, 0.3) is 0 Å². The maximum Gasteiger partial charge on any atom is 0.316 e. The predicted molar refractivity (Wildman–Crippen MR) is 56.1 cm³/mol. The van der Waals surface area contributed by atoms with Crippen LogP contribution in [0.25, 0.3) is 0 Å². The summed E-state index contributed by atoms with van der Waals surface area (Å²) >= 11 is 1.25. The molecule has 5 nitrogen and oxygen atoms in total.